The molecule has 2 heterocycles. The Balaban J connectivity index is 1.87. The first-order chi connectivity index (χ1) is 11.5. The third kappa shape index (κ3) is 5.33. The molecule has 24 heavy (non-hydrogen) atoms. The average Bonchev–Trinajstić information content (AvgIpc) is 2.57. The van der Waals surface area contributed by atoms with E-state index in [1.807, 2.05) is 4.90 Å². The van der Waals surface area contributed by atoms with Crippen molar-refractivity contribution in [1.82, 2.24) is 20.0 Å². The van der Waals surface area contributed by atoms with Crippen LogP contribution in [0.4, 0.5) is 4.79 Å². The lowest BCUT2D eigenvalue weighted by atomic mass is 9.99. The van der Waals surface area contributed by atoms with Crippen LogP contribution in [0.3, 0.4) is 0 Å². The Kier molecular flexibility index (Phi) is 7.78. The number of piperazine rings is 1. The van der Waals surface area contributed by atoms with E-state index in [1.54, 1.807) is 0 Å². The summed E-state index contributed by atoms with van der Waals surface area (Å²) in [5, 5.41) is 12.4. The molecule has 2 aliphatic heterocycles. The van der Waals surface area contributed by atoms with Gasteiger partial charge in [-0.25, -0.2) is 4.79 Å². The summed E-state index contributed by atoms with van der Waals surface area (Å²) in [5.41, 5.74) is 0. The van der Waals surface area contributed by atoms with Crippen LogP contribution in [-0.2, 0) is 0 Å². The minimum atomic E-state index is 0.0490. The fourth-order valence-electron chi connectivity index (χ4n) is 3.95. The van der Waals surface area contributed by atoms with Gasteiger partial charge in [0, 0.05) is 58.0 Å². The summed E-state index contributed by atoms with van der Waals surface area (Å²) in [5.74, 6) is 0.517. The molecule has 2 N–H and O–H groups in total. The lowest BCUT2D eigenvalue weighted by molar-refractivity contribution is 0.0849. The molecule has 2 atom stereocenters. The molecule has 0 radical (unpaired) electrons. The Morgan fingerprint density at radius 3 is 2.50 bits per heavy atom. The van der Waals surface area contributed by atoms with Gasteiger partial charge < -0.3 is 20.2 Å². The van der Waals surface area contributed by atoms with Crippen LogP contribution in [0, 0.1) is 5.92 Å². The molecular formula is C18H36N4O2. The van der Waals surface area contributed by atoms with Crippen LogP contribution in [0.1, 0.15) is 39.5 Å². The second-order valence-corrected chi connectivity index (χ2v) is 7.69. The number of urea groups is 1. The average molecular weight is 341 g/mol. The lowest BCUT2D eigenvalue weighted by Gasteiger charge is -2.41. The molecule has 2 rings (SSSR count). The zero-order valence-electron chi connectivity index (χ0n) is 15.7. The minimum Gasteiger partial charge on any atom is -0.396 e. The summed E-state index contributed by atoms with van der Waals surface area (Å²) < 4.78 is 0. The zero-order valence-corrected chi connectivity index (χ0v) is 15.7. The third-order valence-corrected chi connectivity index (χ3v) is 5.59. The standard InChI is InChI=1S/C18H36N4O2/c1-15(2)17(21-11-9-20(3)10-12-21)14-19-18(24)22-8-5-4-6-16(22)7-13-23/h15-17,23H,4-14H2,1-3H3,(H,19,24). The number of carbonyl (C=O) groups excluding carboxylic acids is 1. The minimum absolute atomic E-state index is 0.0490. The van der Waals surface area contributed by atoms with E-state index >= 15 is 0 Å². The first-order valence-electron chi connectivity index (χ1n) is 9.61. The molecule has 0 aliphatic carbocycles. The molecule has 0 bridgehead atoms. The fourth-order valence-corrected chi connectivity index (χ4v) is 3.95. The van der Waals surface area contributed by atoms with Gasteiger partial charge in [0.2, 0.25) is 0 Å². The monoisotopic (exact) mass is 340 g/mol. The summed E-state index contributed by atoms with van der Waals surface area (Å²) in [6.45, 7) is 10.5. The Bertz CT molecular complexity index is 381. The van der Waals surface area contributed by atoms with E-state index in [2.05, 4.69) is 36.0 Å². The number of amides is 2. The van der Waals surface area contributed by atoms with Gasteiger partial charge in [-0.2, -0.15) is 0 Å². The van der Waals surface area contributed by atoms with Gasteiger partial charge in [-0.3, -0.25) is 4.90 Å². The molecule has 2 saturated heterocycles. The van der Waals surface area contributed by atoms with Crippen molar-refractivity contribution >= 4 is 6.03 Å². The van der Waals surface area contributed by atoms with E-state index in [0.29, 0.717) is 24.9 Å². The number of carbonyl (C=O) groups is 1. The van der Waals surface area contributed by atoms with Gasteiger partial charge in [-0.05, 0) is 38.6 Å². The van der Waals surface area contributed by atoms with Crippen molar-refractivity contribution in [1.29, 1.82) is 0 Å². The van der Waals surface area contributed by atoms with Crippen molar-refractivity contribution in [3.63, 3.8) is 0 Å². The predicted octanol–water partition coefficient (Wildman–Crippen LogP) is 1.20. The molecular weight excluding hydrogens is 304 g/mol. The molecule has 6 heteroatoms. The van der Waals surface area contributed by atoms with Crippen molar-refractivity contribution in [2.24, 2.45) is 5.92 Å². The molecule has 6 nitrogen and oxygen atoms in total. The van der Waals surface area contributed by atoms with E-state index in [1.165, 1.54) is 0 Å². The van der Waals surface area contributed by atoms with Crippen LogP contribution in [-0.4, -0.2) is 90.8 Å². The predicted molar refractivity (Wildman–Crippen MR) is 97.1 cm³/mol. The highest BCUT2D eigenvalue weighted by molar-refractivity contribution is 5.74. The Morgan fingerprint density at radius 2 is 1.88 bits per heavy atom. The maximum atomic E-state index is 12.7. The quantitative estimate of drug-likeness (QED) is 0.763. The number of hydrogen-bond donors (Lipinski definition) is 2. The van der Waals surface area contributed by atoms with E-state index in [0.717, 1.165) is 52.0 Å². The summed E-state index contributed by atoms with van der Waals surface area (Å²) >= 11 is 0. The van der Waals surface area contributed by atoms with Gasteiger partial charge in [0.25, 0.3) is 0 Å². The number of aliphatic hydroxyl groups excluding tert-OH is 1. The smallest absolute Gasteiger partial charge is 0.317 e. The molecule has 0 aromatic heterocycles. The Labute approximate surface area is 147 Å². The summed E-state index contributed by atoms with van der Waals surface area (Å²) in [4.78, 5) is 19.5. The molecule has 0 aromatic rings. The SMILES string of the molecule is CC(C)C(CNC(=O)N1CCCCC1CCO)N1CCN(C)CC1. The van der Waals surface area contributed by atoms with Crippen LogP contribution in [0.5, 0.6) is 0 Å². The topological polar surface area (TPSA) is 59.1 Å². The number of likely N-dealkylation sites (N-methyl/N-ethyl adjacent to an activating group) is 1. The zero-order chi connectivity index (χ0) is 17.5. The molecule has 0 aromatic carbocycles. The molecule has 0 saturated carbocycles. The largest absolute Gasteiger partial charge is 0.396 e. The van der Waals surface area contributed by atoms with Crippen LogP contribution >= 0.6 is 0 Å². The van der Waals surface area contributed by atoms with E-state index < -0.39 is 0 Å². The molecule has 2 aliphatic rings. The second kappa shape index (κ2) is 9.59. The highest BCUT2D eigenvalue weighted by Crippen LogP contribution is 2.20. The van der Waals surface area contributed by atoms with E-state index in [4.69, 9.17) is 0 Å². The Hall–Kier alpha value is -0.850. The van der Waals surface area contributed by atoms with Crippen molar-refractivity contribution in [2.45, 2.75) is 51.6 Å². The Morgan fingerprint density at radius 1 is 1.17 bits per heavy atom. The van der Waals surface area contributed by atoms with Crippen LogP contribution in [0.2, 0.25) is 0 Å². The van der Waals surface area contributed by atoms with E-state index in [-0.39, 0.29) is 18.7 Å². The number of nitrogens with zero attached hydrogens (tertiary/aromatic N) is 3. The van der Waals surface area contributed by atoms with Crippen molar-refractivity contribution in [2.75, 3.05) is 52.9 Å². The highest BCUT2D eigenvalue weighted by atomic mass is 16.3. The van der Waals surface area contributed by atoms with Crippen molar-refractivity contribution in [3.8, 4) is 0 Å². The van der Waals surface area contributed by atoms with Gasteiger partial charge >= 0.3 is 6.03 Å². The third-order valence-electron chi connectivity index (χ3n) is 5.59. The molecule has 2 amide bonds. The normalized spacial score (nSPS) is 25.0. The number of likely N-dealkylation sites (tertiary alicyclic amines) is 1. The van der Waals surface area contributed by atoms with Gasteiger partial charge in [0.05, 0.1) is 0 Å². The van der Waals surface area contributed by atoms with Gasteiger partial charge in [0.15, 0.2) is 0 Å². The number of rotatable bonds is 6. The molecule has 140 valence electrons. The van der Waals surface area contributed by atoms with Gasteiger partial charge in [-0.1, -0.05) is 13.8 Å². The second-order valence-electron chi connectivity index (χ2n) is 7.69. The van der Waals surface area contributed by atoms with Crippen LogP contribution in [0.15, 0.2) is 0 Å². The van der Waals surface area contributed by atoms with Crippen LogP contribution < -0.4 is 5.32 Å². The van der Waals surface area contributed by atoms with E-state index in [9.17, 15) is 9.90 Å². The highest BCUT2D eigenvalue weighted by Gasteiger charge is 2.29. The number of piperidine rings is 1. The summed E-state index contributed by atoms with van der Waals surface area (Å²) in [6.07, 6.45) is 3.94. The molecule has 0 spiro atoms. The fraction of sp³-hybridized carbons (Fsp3) is 0.944. The van der Waals surface area contributed by atoms with Crippen molar-refractivity contribution in [3.05, 3.63) is 0 Å². The first-order valence-corrected chi connectivity index (χ1v) is 9.61. The summed E-state index contributed by atoms with van der Waals surface area (Å²) in [6, 6.07) is 0.640. The first kappa shape index (κ1) is 19.5. The van der Waals surface area contributed by atoms with Gasteiger partial charge in [0.1, 0.15) is 0 Å². The number of nitrogens with one attached hydrogen (secondary N) is 1. The molecule has 2 fully saturated rings. The number of aliphatic hydroxyl groups is 1. The number of hydrogen-bond acceptors (Lipinski definition) is 4. The maximum absolute atomic E-state index is 12.7. The van der Waals surface area contributed by atoms with Crippen LogP contribution in [0.25, 0.3) is 0 Å². The van der Waals surface area contributed by atoms with Crippen molar-refractivity contribution < 1.29 is 9.90 Å². The maximum Gasteiger partial charge on any atom is 0.317 e. The lowest BCUT2D eigenvalue weighted by Crippen LogP contribution is -2.56. The molecule has 2 unspecified atom stereocenters. The summed E-state index contributed by atoms with van der Waals surface area (Å²) in [7, 11) is 2.17. The van der Waals surface area contributed by atoms with Gasteiger partial charge in [-0.15, -0.1) is 0 Å².